The van der Waals surface area contributed by atoms with Crippen LogP contribution in [0.1, 0.15) is 26.3 Å². The predicted molar refractivity (Wildman–Crippen MR) is 67.0 cm³/mol. The number of methoxy groups -OCH3 is 1. The Kier molecular flexibility index (Phi) is 2.58. The maximum Gasteiger partial charge on any atom is 0.121 e. The van der Waals surface area contributed by atoms with Crippen molar-refractivity contribution in [2.75, 3.05) is 7.11 Å². The summed E-state index contributed by atoms with van der Waals surface area (Å²) in [6.45, 7) is 6.58. The third-order valence-corrected chi connectivity index (χ3v) is 2.76. The Morgan fingerprint density at radius 1 is 1.12 bits per heavy atom. The summed E-state index contributed by atoms with van der Waals surface area (Å²) >= 11 is 0. The van der Waals surface area contributed by atoms with Gasteiger partial charge in [0.25, 0.3) is 0 Å². The lowest BCUT2D eigenvalue weighted by molar-refractivity contribution is 0.415. The van der Waals surface area contributed by atoms with E-state index in [1.54, 1.807) is 7.11 Å². The monoisotopic (exact) mass is 215 g/mol. The summed E-state index contributed by atoms with van der Waals surface area (Å²) < 4.78 is 5.18. The number of benzene rings is 1. The van der Waals surface area contributed by atoms with Crippen LogP contribution < -0.4 is 4.74 Å². The number of aromatic nitrogens is 1. The van der Waals surface area contributed by atoms with Crippen molar-refractivity contribution >= 4 is 10.9 Å². The zero-order valence-electron chi connectivity index (χ0n) is 10.2. The van der Waals surface area contributed by atoms with Crippen molar-refractivity contribution in [2.24, 2.45) is 0 Å². The highest BCUT2D eigenvalue weighted by molar-refractivity contribution is 5.80. The summed E-state index contributed by atoms with van der Waals surface area (Å²) in [5, 5.41) is 1.16. The molecule has 2 nitrogen and oxygen atoms in total. The molecule has 0 aliphatic heterocycles. The normalized spacial score (nSPS) is 11.8. The predicted octanol–water partition coefficient (Wildman–Crippen LogP) is 3.54. The van der Waals surface area contributed by atoms with Gasteiger partial charge in [0.2, 0.25) is 0 Å². The van der Waals surface area contributed by atoms with Crippen LogP contribution >= 0.6 is 0 Å². The first-order valence-electron chi connectivity index (χ1n) is 5.45. The fourth-order valence-electron chi connectivity index (χ4n) is 1.64. The topological polar surface area (TPSA) is 22.1 Å². The molecule has 2 rings (SSSR count). The molecule has 0 saturated heterocycles. The number of pyridine rings is 1. The van der Waals surface area contributed by atoms with Crippen molar-refractivity contribution in [3.8, 4) is 5.75 Å². The Morgan fingerprint density at radius 3 is 2.50 bits per heavy atom. The summed E-state index contributed by atoms with van der Waals surface area (Å²) in [6.07, 6.45) is 1.95. The lowest BCUT2D eigenvalue weighted by Crippen LogP contribution is -2.11. The molecule has 2 aromatic rings. The first kappa shape index (κ1) is 10.9. The molecule has 0 atom stereocenters. The lowest BCUT2D eigenvalue weighted by Gasteiger charge is -2.18. The highest BCUT2D eigenvalue weighted by atomic mass is 16.5. The zero-order chi connectivity index (χ0) is 11.8. The van der Waals surface area contributed by atoms with Crippen LogP contribution in [-0.4, -0.2) is 12.1 Å². The van der Waals surface area contributed by atoms with Gasteiger partial charge in [0.1, 0.15) is 5.75 Å². The van der Waals surface area contributed by atoms with Gasteiger partial charge in [0.15, 0.2) is 0 Å². The molecule has 1 aromatic heterocycles. The van der Waals surface area contributed by atoms with Crippen LogP contribution in [-0.2, 0) is 5.41 Å². The van der Waals surface area contributed by atoms with E-state index in [0.29, 0.717) is 0 Å². The van der Waals surface area contributed by atoms with E-state index in [0.717, 1.165) is 16.7 Å². The second-order valence-electron chi connectivity index (χ2n) is 5.03. The molecule has 0 aliphatic rings. The molecule has 0 radical (unpaired) electrons. The molecule has 0 amide bonds. The minimum atomic E-state index is 0.140. The van der Waals surface area contributed by atoms with Crippen molar-refractivity contribution < 1.29 is 4.74 Å². The van der Waals surface area contributed by atoms with E-state index in [-0.39, 0.29) is 5.41 Å². The van der Waals surface area contributed by atoms with E-state index in [4.69, 9.17) is 4.74 Å². The molecule has 1 heterocycles. The van der Waals surface area contributed by atoms with E-state index in [9.17, 15) is 0 Å². The summed E-state index contributed by atoms with van der Waals surface area (Å²) in [4.78, 5) is 4.48. The van der Waals surface area contributed by atoms with Gasteiger partial charge in [-0.15, -0.1) is 0 Å². The lowest BCUT2D eigenvalue weighted by atomic mass is 9.87. The molecular formula is C14H17NO. The van der Waals surface area contributed by atoms with Crippen molar-refractivity contribution in [2.45, 2.75) is 26.2 Å². The Bertz CT molecular complexity index is 512. The molecular weight excluding hydrogens is 198 g/mol. The zero-order valence-corrected chi connectivity index (χ0v) is 10.2. The van der Waals surface area contributed by atoms with Crippen molar-refractivity contribution in [3.63, 3.8) is 0 Å². The highest BCUT2D eigenvalue weighted by Gasteiger charge is 2.14. The molecule has 1 aromatic carbocycles. The van der Waals surface area contributed by atoms with Gasteiger partial charge < -0.3 is 4.74 Å². The van der Waals surface area contributed by atoms with Gasteiger partial charge in [-0.05, 0) is 29.2 Å². The molecule has 0 N–H and O–H groups in total. The summed E-state index contributed by atoms with van der Waals surface area (Å²) in [5.41, 5.74) is 2.37. The molecule has 0 fully saturated rings. The van der Waals surface area contributed by atoms with Crippen molar-refractivity contribution in [1.29, 1.82) is 0 Å². The van der Waals surface area contributed by atoms with E-state index in [1.165, 1.54) is 5.56 Å². The van der Waals surface area contributed by atoms with Crippen molar-refractivity contribution in [1.82, 2.24) is 4.98 Å². The number of ether oxygens (including phenoxy) is 1. The van der Waals surface area contributed by atoms with Gasteiger partial charge in [-0.25, -0.2) is 0 Å². The first-order valence-corrected chi connectivity index (χ1v) is 5.45. The fourth-order valence-corrected chi connectivity index (χ4v) is 1.64. The maximum absolute atomic E-state index is 5.18. The van der Waals surface area contributed by atoms with Gasteiger partial charge in [-0.3, -0.25) is 4.98 Å². The largest absolute Gasteiger partial charge is 0.497 e. The van der Waals surface area contributed by atoms with Crippen molar-refractivity contribution in [3.05, 3.63) is 36.0 Å². The first-order chi connectivity index (χ1) is 7.50. The Hall–Kier alpha value is -1.57. The van der Waals surface area contributed by atoms with Gasteiger partial charge in [0.05, 0.1) is 12.6 Å². The summed E-state index contributed by atoms with van der Waals surface area (Å²) in [5.74, 6) is 0.850. The molecule has 2 heteroatoms. The molecule has 0 unspecified atom stereocenters. The molecule has 0 bridgehead atoms. The number of nitrogens with zero attached hydrogens (tertiary/aromatic N) is 1. The van der Waals surface area contributed by atoms with E-state index in [2.05, 4.69) is 37.9 Å². The second kappa shape index (κ2) is 3.78. The average Bonchev–Trinajstić information content (AvgIpc) is 2.26. The van der Waals surface area contributed by atoms with Crippen LogP contribution in [0, 0.1) is 0 Å². The second-order valence-corrected chi connectivity index (χ2v) is 5.03. The van der Waals surface area contributed by atoms with Crippen LogP contribution in [0.25, 0.3) is 10.9 Å². The van der Waals surface area contributed by atoms with Crippen LogP contribution in [0.4, 0.5) is 0 Å². The summed E-state index contributed by atoms with van der Waals surface area (Å²) in [6, 6.07) is 8.18. The standard InChI is InChI=1S/C14H17NO/c1-14(2,3)11-7-10-5-6-12(16-4)8-13(10)15-9-11/h5-9H,1-4H3. The Balaban J connectivity index is 2.56. The fraction of sp³-hybridized carbons (Fsp3) is 0.357. The third-order valence-electron chi connectivity index (χ3n) is 2.76. The third kappa shape index (κ3) is 2.01. The van der Waals surface area contributed by atoms with E-state index < -0.39 is 0 Å². The quantitative estimate of drug-likeness (QED) is 0.726. The minimum Gasteiger partial charge on any atom is -0.497 e. The molecule has 0 spiro atoms. The number of fused-ring (bicyclic) bond motifs is 1. The van der Waals surface area contributed by atoms with Gasteiger partial charge in [-0.1, -0.05) is 20.8 Å². The SMILES string of the molecule is COc1ccc2cc(C(C)(C)C)cnc2c1. The molecule has 0 aliphatic carbocycles. The average molecular weight is 215 g/mol. The van der Waals surface area contributed by atoms with Crippen LogP contribution in [0.3, 0.4) is 0 Å². The number of rotatable bonds is 1. The van der Waals surface area contributed by atoms with Crippen LogP contribution in [0.2, 0.25) is 0 Å². The van der Waals surface area contributed by atoms with E-state index >= 15 is 0 Å². The number of hydrogen-bond acceptors (Lipinski definition) is 2. The number of hydrogen-bond donors (Lipinski definition) is 0. The molecule has 84 valence electrons. The maximum atomic E-state index is 5.18. The van der Waals surface area contributed by atoms with Gasteiger partial charge in [0, 0.05) is 17.6 Å². The molecule has 0 saturated carbocycles. The Labute approximate surface area is 96.3 Å². The highest BCUT2D eigenvalue weighted by Crippen LogP contribution is 2.26. The van der Waals surface area contributed by atoms with E-state index in [1.807, 2.05) is 18.3 Å². The molecule has 16 heavy (non-hydrogen) atoms. The minimum absolute atomic E-state index is 0.140. The Morgan fingerprint density at radius 2 is 1.88 bits per heavy atom. The van der Waals surface area contributed by atoms with Gasteiger partial charge >= 0.3 is 0 Å². The van der Waals surface area contributed by atoms with Crippen LogP contribution in [0.5, 0.6) is 5.75 Å². The smallest absolute Gasteiger partial charge is 0.121 e. The van der Waals surface area contributed by atoms with Gasteiger partial charge in [-0.2, -0.15) is 0 Å². The van der Waals surface area contributed by atoms with Crippen LogP contribution in [0.15, 0.2) is 30.5 Å². The summed E-state index contributed by atoms with van der Waals surface area (Å²) in [7, 11) is 1.67.